The van der Waals surface area contributed by atoms with E-state index in [1.165, 1.54) is 0 Å². The van der Waals surface area contributed by atoms with Crippen molar-refractivity contribution in [1.82, 2.24) is 0 Å². The lowest BCUT2D eigenvalue weighted by molar-refractivity contribution is -0.385. The zero-order valence-corrected chi connectivity index (χ0v) is 9.22. The van der Waals surface area contributed by atoms with Crippen molar-refractivity contribution in [2.75, 3.05) is 7.11 Å². The Hall–Kier alpha value is -2.33. The molecule has 1 aromatic rings. The number of nitrogens with zero attached hydrogens (tertiary/aromatic N) is 2. The van der Waals surface area contributed by atoms with Gasteiger partial charge in [0.15, 0.2) is 0 Å². The van der Waals surface area contributed by atoms with Gasteiger partial charge in [0.25, 0.3) is 0 Å². The van der Waals surface area contributed by atoms with Gasteiger partial charge in [-0.05, 0) is 6.07 Å². The second-order valence-electron chi connectivity index (χ2n) is 2.73. The number of rotatable bonds is 2. The number of carbonyl (C=O) groups excluding carboxylic acids is 1. The lowest BCUT2D eigenvalue weighted by Crippen LogP contribution is -2.09. The molecule has 0 saturated carbocycles. The van der Waals surface area contributed by atoms with Crippen molar-refractivity contribution in [2.45, 2.75) is 0 Å². The highest BCUT2D eigenvalue weighted by Crippen LogP contribution is 2.36. The summed E-state index contributed by atoms with van der Waals surface area (Å²) < 4.78 is 8.74. The summed E-state index contributed by atoms with van der Waals surface area (Å²) in [4.78, 5) is 20.8. The molecule has 0 aromatic heterocycles. The third-order valence-corrected chi connectivity index (χ3v) is 1.98. The van der Waals surface area contributed by atoms with E-state index in [0.29, 0.717) is 0 Å². The minimum atomic E-state index is -1.14. The first-order valence-corrected chi connectivity index (χ1v) is 4.51. The van der Waals surface area contributed by atoms with Gasteiger partial charge < -0.3 is 9.47 Å². The smallest absolute Gasteiger partial charge is 0.437 e. The molecule has 0 radical (unpaired) electrons. The Bertz CT molecular complexity index is 523. The Balaban J connectivity index is 3.32. The van der Waals surface area contributed by atoms with Crippen molar-refractivity contribution in [1.29, 1.82) is 5.26 Å². The van der Waals surface area contributed by atoms with Gasteiger partial charge in [-0.15, -0.1) is 0 Å². The number of ether oxygens (including phenoxy) is 2. The molecule has 1 rings (SSSR count). The number of hydrogen-bond donors (Lipinski definition) is 0. The van der Waals surface area contributed by atoms with Crippen LogP contribution in [0.2, 0.25) is 5.02 Å². The third kappa shape index (κ3) is 2.83. The van der Waals surface area contributed by atoms with Crippen molar-refractivity contribution >= 4 is 23.4 Å². The number of benzene rings is 1. The zero-order valence-electron chi connectivity index (χ0n) is 8.47. The summed E-state index contributed by atoms with van der Waals surface area (Å²) in [7, 11) is 1.05. The van der Waals surface area contributed by atoms with Crippen LogP contribution in [0.4, 0.5) is 10.5 Å². The van der Waals surface area contributed by atoms with Gasteiger partial charge in [0.1, 0.15) is 0 Å². The topological polar surface area (TPSA) is 102 Å². The van der Waals surface area contributed by atoms with Crippen LogP contribution in [0.15, 0.2) is 12.1 Å². The fraction of sp³-hybridized carbons (Fsp3) is 0.111. The van der Waals surface area contributed by atoms with Crippen LogP contribution in [0.1, 0.15) is 5.56 Å². The van der Waals surface area contributed by atoms with E-state index in [9.17, 15) is 14.9 Å². The summed E-state index contributed by atoms with van der Waals surface area (Å²) in [5.74, 6) is -0.456. The fourth-order valence-corrected chi connectivity index (χ4v) is 1.26. The standard InChI is InChI=1S/C9H5ClN2O5/c1-16-9(13)17-8-6(10)2-5(4-11)3-7(8)12(14)15/h2-3H,1H3. The minimum absolute atomic E-state index is 0.0149. The van der Waals surface area contributed by atoms with E-state index in [-0.39, 0.29) is 10.6 Å². The fourth-order valence-electron chi connectivity index (χ4n) is 1.01. The molecule has 0 heterocycles. The molecule has 0 unspecified atom stereocenters. The molecule has 0 bridgehead atoms. The van der Waals surface area contributed by atoms with Crippen LogP contribution in [0.5, 0.6) is 5.75 Å². The van der Waals surface area contributed by atoms with Crippen LogP contribution in [0.25, 0.3) is 0 Å². The maximum Gasteiger partial charge on any atom is 0.513 e. The van der Waals surface area contributed by atoms with Crippen LogP contribution in [0.3, 0.4) is 0 Å². The number of methoxy groups -OCH3 is 1. The Morgan fingerprint density at radius 1 is 1.59 bits per heavy atom. The first-order chi connectivity index (χ1) is 7.99. The molecule has 0 N–H and O–H groups in total. The Kier molecular flexibility index (Phi) is 3.85. The van der Waals surface area contributed by atoms with Gasteiger partial charge in [0.05, 0.1) is 28.7 Å². The Morgan fingerprint density at radius 3 is 2.71 bits per heavy atom. The molecule has 0 aliphatic carbocycles. The van der Waals surface area contributed by atoms with Gasteiger partial charge in [-0.2, -0.15) is 5.26 Å². The monoisotopic (exact) mass is 256 g/mol. The van der Waals surface area contributed by atoms with Crippen LogP contribution in [-0.4, -0.2) is 18.2 Å². The molecule has 17 heavy (non-hydrogen) atoms. The Morgan fingerprint density at radius 2 is 2.24 bits per heavy atom. The predicted octanol–water partition coefficient (Wildman–Crippen LogP) is 2.27. The van der Waals surface area contributed by atoms with Crippen LogP contribution >= 0.6 is 11.6 Å². The maximum atomic E-state index is 10.9. The van der Waals surface area contributed by atoms with Gasteiger partial charge in [-0.3, -0.25) is 10.1 Å². The highest BCUT2D eigenvalue weighted by molar-refractivity contribution is 6.32. The lowest BCUT2D eigenvalue weighted by Gasteiger charge is -2.05. The van der Waals surface area contributed by atoms with Crippen molar-refractivity contribution in [3.8, 4) is 11.8 Å². The summed E-state index contributed by atoms with van der Waals surface area (Å²) in [5, 5.41) is 19.1. The average Bonchev–Trinajstić information content (AvgIpc) is 2.30. The van der Waals surface area contributed by atoms with Gasteiger partial charge in [-0.1, -0.05) is 11.6 Å². The van der Waals surface area contributed by atoms with E-state index < -0.39 is 22.5 Å². The SMILES string of the molecule is COC(=O)Oc1c(Cl)cc(C#N)cc1[N+](=O)[O-]. The maximum absolute atomic E-state index is 10.9. The Labute approximate surface area is 100 Å². The molecule has 7 nitrogen and oxygen atoms in total. The first-order valence-electron chi connectivity index (χ1n) is 4.13. The zero-order chi connectivity index (χ0) is 13.0. The van der Waals surface area contributed by atoms with E-state index in [1.54, 1.807) is 6.07 Å². The summed E-state index contributed by atoms with van der Waals surface area (Å²) >= 11 is 5.67. The number of halogens is 1. The normalized spacial score (nSPS) is 9.24. The van der Waals surface area contributed by atoms with E-state index in [4.69, 9.17) is 16.9 Å². The molecule has 0 amide bonds. The molecule has 88 valence electrons. The van der Waals surface area contributed by atoms with Crippen LogP contribution in [0, 0.1) is 21.4 Å². The molecule has 0 spiro atoms. The number of nitriles is 1. The number of carbonyl (C=O) groups is 1. The molecule has 1 aromatic carbocycles. The highest BCUT2D eigenvalue weighted by Gasteiger charge is 2.23. The minimum Gasteiger partial charge on any atom is -0.437 e. The molecule has 0 fully saturated rings. The van der Waals surface area contributed by atoms with Crippen LogP contribution < -0.4 is 4.74 Å². The predicted molar refractivity (Wildman–Crippen MR) is 55.9 cm³/mol. The molecular weight excluding hydrogens is 252 g/mol. The third-order valence-electron chi connectivity index (χ3n) is 1.70. The van der Waals surface area contributed by atoms with E-state index >= 15 is 0 Å². The largest absolute Gasteiger partial charge is 0.513 e. The molecule has 8 heteroatoms. The number of nitro groups is 1. The van der Waals surface area contributed by atoms with Crippen molar-refractivity contribution in [3.05, 3.63) is 32.8 Å². The van der Waals surface area contributed by atoms with E-state index in [2.05, 4.69) is 9.47 Å². The molecule has 0 saturated heterocycles. The van der Waals surface area contributed by atoms with E-state index in [1.807, 2.05) is 0 Å². The number of nitro benzene ring substituents is 1. The second kappa shape index (κ2) is 5.14. The van der Waals surface area contributed by atoms with Crippen molar-refractivity contribution < 1.29 is 19.2 Å². The molecular formula is C9H5ClN2O5. The highest BCUT2D eigenvalue weighted by atomic mass is 35.5. The number of hydrogen-bond acceptors (Lipinski definition) is 6. The average molecular weight is 257 g/mol. The summed E-state index contributed by atoms with van der Waals surface area (Å²) in [6, 6.07) is 3.79. The molecule has 0 aliphatic rings. The first kappa shape index (κ1) is 12.7. The van der Waals surface area contributed by atoms with Gasteiger partial charge in [0, 0.05) is 6.07 Å². The second-order valence-corrected chi connectivity index (χ2v) is 3.14. The van der Waals surface area contributed by atoms with Gasteiger partial charge in [0.2, 0.25) is 5.75 Å². The molecule has 0 aliphatic heterocycles. The van der Waals surface area contributed by atoms with Crippen LogP contribution in [-0.2, 0) is 4.74 Å². The molecule has 0 atom stereocenters. The lowest BCUT2D eigenvalue weighted by atomic mass is 10.2. The summed E-state index contributed by atoms with van der Waals surface area (Å²) in [6.07, 6.45) is -1.14. The summed E-state index contributed by atoms with van der Waals surface area (Å²) in [6.45, 7) is 0. The van der Waals surface area contributed by atoms with Gasteiger partial charge >= 0.3 is 11.8 Å². The van der Waals surface area contributed by atoms with Gasteiger partial charge in [-0.25, -0.2) is 4.79 Å². The van der Waals surface area contributed by atoms with Crippen molar-refractivity contribution in [3.63, 3.8) is 0 Å². The quantitative estimate of drug-likeness (QED) is 0.348. The van der Waals surface area contributed by atoms with E-state index in [0.717, 1.165) is 19.2 Å². The van der Waals surface area contributed by atoms with Crippen molar-refractivity contribution in [2.24, 2.45) is 0 Å². The summed E-state index contributed by atoms with van der Waals surface area (Å²) in [5.41, 5.74) is -0.599.